The van der Waals surface area contributed by atoms with Crippen LogP contribution in [0.4, 0.5) is 0 Å². The quantitative estimate of drug-likeness (QED) is 0.671. The van der Waals surface area contributed by atoms with Crippen LogP contribution in [0.1, 0.15) is 38.5 Å². The molecular formula is C11H21NO. The van der Waals surface area contributed by atoms with E-state index in [1.807, 2.05) is 7.11 Å². The summed E-state index contributed by atoms with van der Waals surface area (Å²) in [5.74, 6) is 0. The van der Waals surface area contributed by atoms with Gasteiger partial charge in [0, 0.05) is 13.7 Å². The molecule has 2 unspecified atom stereocenters. The molecule has 1 N–H and O–H groups in total. The summed E-state index contributed by atoms with van der Waals surface area (Å²) in [5.41, 5.74) is 0.594. The minimum Gasteiger partial charge on any atom is -0.381 e. The Morgan fingerprint density at radius 1 is 1.31 bits per heavy atom. The van der Waals surface area contributed by atoms with Crippen molar-refractivity contribution in [3.05, 3.63) is 0 Å². The van der Waals surface area contributed by atoms with E-state index in [2.05, 4.69) is 5.32 Å². The van der Waals surface area contributed by atoms with E-state index < -0.39 is 0 Å². The van der Waals surface area contributed by atoms with E-state index in [0.717, 1.165) is 0 Å². The fourth-order valence-electron chi connectivity index (χ4n) is 3.01. The lowest BCUT2D eigenvalue weighted by atomic mass is 9.69. The van der Waals surface area contributed by atoms with Crippen molar-refractivity contribution in [1.29, 1.82) is 0 Å². The molecule has 2 atom stereocenters. The summed E-state index contributed by atoms with van der Waals surface area (Å²) < 4.78 is 5.49. The standard InChI is InChI=1S/C11H21NO/c1-13-10-4-2-5-11(8-10)6-3-7-12-9-11/h10,12H,2-9H2,1H3. The number of piperidine rings is 1. The van der Waals surface area contributed by atoms with E-state index in [-0.39, 0.29) is 0 Å². The molecule has 0 radical (unpaired) electrons. The second-order valence-electron chi connectivity index (χ2n) is 4.73. The van der Waals surface area contributed by atoms with Crippen molar-refractivity contribution in [1.82, 2.24) is 5.32 Å². The van der Waals surface area contributed by atoms with Crippen LogP contribution in [0, 0.1) is 5.41 Å². The number of hydrogen-bond acceptors (Lipinski definition) is 2. The van der Waals surface area contributed by atoms with E-state index in [1.165, 1.54) is 51.6 Å². The Labute approximate surface area is 81.0 Å². The second-order valence-corrected chi connectivity index (χ2v) is 4.73. The number of rotatable bonds is 1. The van der Waals surface area contributed by atoms with Gasteiger partial charge in [-0.3, -0.25) is 0 Å². The van der Waals surface area contributed by atoms with Gasteiger partial charge < -0.3 is 10.1 Å². The Kier molecular flexibility index (Phi) is 2.89. The van der Waals surface area contributed by atoms with Gasteiger partial charge in [-0.05, 0) is 44.1 Å². The highest BCUT2D eigenvalue weighted by Crippen LogP contribution is 2.41. The van der Waals surface area contributed by atoms with Crippen molar-refractivity contribution in [3.63, 3.8) is 0 Å². The monoisotopic (exact) mass is 183 g/mol. The molecule has 0 aromatic carbocycles. The van der Waals surface area contributed by atoms with Crippen LogP contribution >= 0.6 is 0 Å². The van der Waals surface area contributed by atoms with Crippen molar-refractivity contribution >= 4 is 0 Å². The molecule has 0 bridgehead atoms. The predicted octanol–water partition coefficient (Wildman–Crippen LogP) is 1.95. The molecule has 2 aliphatic rings. The van der Waals surface area contributed by atoms with Crippen LogP contribution in [-0.4, -0.2) is 26.3 Å². The van der Waals surface area contributed by atoms with E-state index in [9.17, 15) is 0 Å². The van der Waals surface area contributed by atoms with Crippen molar-refractivity contribution in [2.45, 2.75) is 44.6 Å². The van der Waals surface area contributed by atoms with Gasteiger partial charge in [0.1, 0.15) is 0 Å². The van der Waals surface area contributed by atoms with Crippen LogP contribution in [0.5, 0.6) is 0 Å². The van der Waals surface area contributed by atoms with Crippen LogP contribution in [0.3, 0.4) is 0 Å². The lowest BCUT2D eigenvalue weighted by molar-refractivity contribution is 0.00167. The number of ether oxygens (including phenoxy) is 1. The van der Waals surface area contributed by atoms with Crippen molar-refractivity contribution in [3.8, 4) is 0 Å². The third kappa shape index (κ3) is 2.05. The molecule has 0 aromatic heterocycles. The van der Waals surface area contributed by atoms with E-state index in [4.69, 9.17) is 4.74 Å². The van der Waals surface area contributed by atoms with E-state index in [1.54, 1.807) is 0 Å². The smallest absolute Gasteiger partial charge is 0.0577 e. The lowest BCUT2D eigenvalue weighted by Crippen LogP contribution is -2.44. The summed E-state index contributed by atoms with van der Waals surface area (Å²) in [6.45, 7) is 2.45. The average molecular weight is 183 g/mol. The van der Waals surface area contributed by atoms with E-state index >= 15 is 0 Å². The summed E-state index contributed by atoms with van der Waals surface area (Å²) in [6, 6.07) is 0. The zero-order valence-electron chi connectivity index (χ0n) is 8.64. The third-order valence-electron chi connectivity index (χ3n) is 3.79. The normalized spacial score (nSPS) is 40.8. The molecule has 2 nitrogen and oxygen atoms in total. The van der Waals surface area contributed by atoms with Gasteiger partial charge in [0.25, 0.3) is 0 Å². The first-order chi connectivity index (χ1) is 6.35. The molecular weight excluding hydrogens is 162 g/mol. The molecule has 1 saturated carbocycles. The van der Waals surface area contributed by atoms with Gasteiger partial charge in [-0.25, -0.2) is 0 Å². The highest BCUT2D eigenvalue weighted by atomic mass is 16.5. The van der Waals surface area contributed by atoms with Gasteiger partial charge in [0.2, 0.25) is 0 Å². The van der Waals surface area contributed by atoms with Crippen LogP contribution in [0.25, 0.3) is 0 Å². The van der Waals surface area contributed by atoms with Crippen molar-refractivity contribution in [2.75, 3.05) is 20.2 Å². The van der Waals surface area contributed by atoms with Crippen LogP contribution in [0.2, 0.25) is 0 Å². The van der Waals surface area contributed by atoms with Gasteiger partial charge in [-0.2, -0.15) is 0 Å². The Hall–Kier alpha value is -0.0800. The van der Waals surface area contributed by atoms with Gasteiger partial charge >= 0.3 is 0 Å². The van der Waals surface area contributed by atoms with Gasteiger partial charge in [0.05, 0.1) is 6.10 Å². The van der Waals surface area contributed by atoms with Gasteiger partial charge in [-0.1, -0.05) is 6.42 Å². The molecule has 0 amide bonds. The zero-order valence-corrected chi connectivity index (χ0v) is 8.64. The first-order valence-corrected chi connectivity index (χ1v) is 5.58. The minimum atomic E-state index is 0.536. The van der Waals surface area contributed by atoms with Crippen LogP contribution < -0.4 is 5.32 Å². The zero-order chi connectivity index (χ0) is 9.15. The Bertz CT molecular complexity index is 158. The van der Waals surface area contributed by atoms with Crippen molar-refractivity contribution < 1.29 is 4.74 Å². The molecule has 1 saturated heterocycles. The Morgan fingerprint density at radius 2 is 2.15 bits per heavy atom. The number of nitrogens with one attached hydrogen (secondary N) is 1. The first-order valence-electron chi connectivity index (χ1n) is 5.58. The number of hydrogen-bond donors (Lipinski definition) is 1. The van der Waals surface area contributed by atoms with E-state index in [0.29, 0.717) is 11.5 Å². The third-order valence-corrected chi connectivity index (χ3v) is 3.79. The molecule has 2 rings (SSSR count). The molecule has 1 aliphatic carbocycles. The minimum absolute atomic E-state index is 0.536. The molecule has 13 heavy (non-hydrogen) atoms. The highest BCUT2D eigenvalue weighted by Gasteiger charge is 2.37. The molecule has 2 heteroatoms. The largest absolute Gasteiger partial charge is 0.381 e. The molecule has 76 valence electrons. The maximum absolute atomic E-state index is 5.49. The van der Waals surface area contributed by atoms with Gasteiger partial charge in [-0.15, -0.1) is 0 Å². The van der Waals surface area contributed by atoms with Crippen LogP contribution in [0.15, 0.2) is 0 Å². The molecule has 1 spiro atoms. The Balaban J connectivity index is 1.95. The summed E-state index contributed by atoms with van der Waals surface area (Å²) in [6.07, 6.45) is 8.65. The average Bonchev–Trinajstić information content (AvgIpc) is 2.19. The first kappa shape index (κ1) is 9.47. The maximum atomic E-state index is 5.49. The van der Waals surface area contributed by atoms with Crippen LogP contribution in [-0.2, 0) is 4.74 Å². The fourth-order valence-corrected chi connectivity index (χ4v) is 3.01. The lowest BCUT2D eigenvalue weighted by Gasteiger charge is -2.43. The summed E-state index contributed by atoms with van der Waals surface area (Å²) >= 11 is 0. The summed E-state index contributed by atoms with van der Waals surface area (Å²) in [5, 5.41) is 3.53. The highest BCUT2D eigenvalue weighted by molar-refractivity contribution is 4.91. The predicted molar refractivity (Wildman–Crippen MR) is 53.8 cm³/mol. The fraction of sp³-hybridized carbons (Fsp3) is 1.00. The van der Waals surface area contributed by atoms with Crippen molar-refractivity contribution in [2.24, 2.45) is 5.41 Å². The molecule has 2 fully saturated rings. The second kappa shape index (κ2) is 3.97. The number of methoxy groups -OCH3 is 1. The summed E-state index contributed by atoms with van der Waals surface area (Å²) in [7, 11) is 1.86. The molecule has 0 aromatic rings. The molecule has 1 aliphatic heterocycles. The topological polar surface area (TPSA) is 21.3 Å². The maximum Gasteiger partial charge on any atom is 0.0577 e. The Morgan fingerprint density at radius 3 is 2.85 bits per heavy atom. The molecule has 1 heterocycles. The SMILES string of the molecule is COC1CCCC2(CCCNC2)C1. The van der Waals surface area contributed by atoms with Gasteiger partial charge in [0.15, 0.2) is 0 Å². The summed E-state index contributed by atoms with van der Waals surface area (Å²) in [4.78, 5) is 0.